The Labute approximate surface area is 119 Å². The molecule has 3 rings (SSSR count). The van der Waals surface area contributed by atoms with Crippen LogP contribution in [0.1, 0.15) is 17.2 Å². The van der Waals surface area contributed by atoms with Gasteiger partial charge in [0.05, 0.1) is 12.8 Å². The number of methoxy groups -OCH3 is 1. The van der Waals surface area contributed by atoms with Crippen LogP contribution >= 0.6 is 0 Å². The highest BCUT2D eigenvalue weighted by Crippen LogP contribution is 2.44. The molecule has 1 amide bonds. The van der Waals surface area contributed by atoms with Crippen molar-refractivity contribution >= 4 is 11.6 Å². The van der Waals surface area contributed by atoms with Gasteiger partial charge in [-0.1, -0.05) is 6.07 Å². The summed E-state index contributed by atoms with van der Waals surface area (Å²) < 4.78 is 5.47. The molecule has 1 unspecified atom stereocenters. The zero-order valence-corrected chi connectivity index (χ0v) is 12.3. The Morgan fingerprint density at radius 3 is 2.65 bits per heavy atom. The van der Waals surface area contributed by atoms with Gasteiger partial charge in [0, 0.05) is 38.8 Å². The summed E-state index contributed by atoms with van der Waals surface area (Å²) in [4.78, 5) is 16.6. The van der Waals surface area contributed by atoms with Crippen LogP contribution in [0.15, 0.2) is 12.1 Å². The number of nitrogens with zero attached hydrogens (tertiary/aromatic N) is 2. The van der Waals surface area contributed by atoms with Crippen LogP contribution < -0.4 is 15.0 Å². The average molecular weight is 275 g/mol. The van der Waals surface area contributed by atoms with Crippen LogP contribution in [0.25, 0.3) is 0 Å². The molecule has 1 fully saturated rings. The highest BCUT2D eigenvalue weighted by molar-refractivity contribution is 6.06. The highest BCUT2D eigenvalue weighted by atomic mass is 16.5. The van der Waals surface area contributed by atoms with E-state index < -0.39 is 0 Å². The average Bonchev–Trinajstić information content (AvgIpc) is 2.71. The molecule has 2 aliphatic rings. The minimum atomic E-state index is -0.161. The lowest BCUT2D eigenvalue weighted by Crippen LogP contribution is -2.47. The zero-order valence-electron chi connectivity index (χ0n) is 12.3. The smallest absolute Gasteiger partial charge is 0.248 e. The molecular weight excluding hydrogens is 254 g/mol. The first kappa shape index (κ1) is 13.4. The number of ether oxygens (including phenoxy) is 1. The third-order valence-electron chi connectivity index (χ3n) is 4.18. The Bertz CT molecular complexity index is 538. The first-order chi connectivity index (χ1) is 9.63. The number of aryl methyl sites for hydroxylation is 1. The summed E-state index contributed by atoms with van der Waals surface area (Å²) in [6.45, 7) is 5.72. The Kier molecular flexibility index (Phi) is 3.40. The Morgan fingerprint density at radius 2 is 2.00 bits per heavy atom. The van der Waals surface area contributed by atoms with Gasteiger partial charge in [-0.15, -0.1) is 0 Å². The molecule has 5 nitrogen and oxygen atoms in total. The van der Waals surface area contributed by atoms with Gasteiger partial charge in [-0.3, -0.25) is 9.69 Å². The lowest BCUT2D eigenvalue weighted by atomic mass is 10.0. The third kappa shape index (κ3) is 1.98. The Balaban J connectivity index is 2.07. The summed E-state index contributed by atoms with van der Waals surface area (Å²) in [5, 5.41) is 3.33. The topological polar surface area (TPSA) is 44.8 Å². The van der Waals surface area contributed by atoms with Crippen molar-refractivity contribution in [1.82, 2.24) is 10.2 Å². The normalized spacial score (nSPS) is 23.1. The minimum absolute atomic E-state index is 0.144. The molecule has 0 aliphatic carbocycles. The fraction of sp³-hybridized carbons (Fsp3) is 0.533. The van der Waals surface area contributed by atoms with Crippen molar-refractivity contribution in [1.29, 1.82) is 0 Å². The molecule has 1 aromatic carbocycles. The van der Waals surface area contributed by atoms with Crippen molar-refractivity contribution in [3.8, 4) is 5.75 Å². The standard InChI is InChI=1S/C15H21N3O2/c1-10-8-11-13(12(9-10)20-3)17(2)15(19)14(11)18-6-4-16-5-7-18/h8-9,14,16H,4-7H2,1-3H3. The summed E-state index contributed by atoms with van der Waals surface area (Å²) >= 11 is 0. The molecule has 2 heterocycles. The van der Waals surface area contributed by atoms with Crippen LogP contribution in [0.2, 0.25) is 0 Å². The van der Waals surface area contributed by atoms with E-state index in [4.69, 9.17) is 4.74 Å². The van der Waals surface area contributed by atoms with Crippen molar-refractivity contribution in [2.75, 3.05) is 45.2 Å². The summed E-state index contributed by atoms with van der Waals surface area (Å²) in [6, 6.07) is 3.94. The fourth-order valence-corrected chi connectivity index (χ4v) is 3.22. The van der Waals surface area contributed by atoms with Crippen LogP contribution in [0.5, 0.6) is 5.75 Å². The summed E-state index contributed by atoms with van der Waals surface area (Å²) in [5.41, 5.74) is 3.13. The first-order valence-electron chi connectivity index (χ1n) is 7.04. The lowest BCUT2D eigenvalue weighted by Gasteiger charge is -2.31. The van der Waals surface area contributed by atoms with Crippen LogP contribution in [-0.4, -0.2) is 51.1 Å². The second-order valence-corrected chi connectivity index (χ2v) is 5.49. The summed E-state index contributed by atoms with van der Waals surface area (Å²) in [7, 11) is 3.49. The van der Waals surface area contributed by atoms with E-state index in [1.807, 2.05) is 20.0 Å². The SMILES string of the molecule is COc1cc(C)cc2c1N(C)C(=O)C2N1CCNCC1. The molecule has 5 heteroatoms. The van der Waals surface area contributed by atoms with E-state index in [0.717, 1.165) is 48.7 Å². The number of carbonyl (C=O) groups excluding carboxylic acids is 1. The molecule has 1 saturated heterocycles. The second-order valence-electron chi connectivity index (χ2n) is 5.49. The molecule has 20 heavy (non-hydrogen) atoms. The van der Waals surface area contributed by atoms with E-state index >= 15 is 0 Å². The van der Waals surface area contributed by atoms with Gasteiger partial charge < -0.3 is 15.0 Å². The van der Waals surface area contributed by atoms with Gasteiger partial charge in [0.25, 0.3) is 0 Å². The van der Waals surface area contributed by atoms with E-state index in [1.165, 1.54) is 0 Å². The molecule has 108 valence electrons. The van der Waals surface area contributed by atoms with E-state index in [0.29, 0.717) is 0 Å². The molecular formula is C15H21N3O2. The number of likely N-dealkylation sites (N-methyl/N-ethyl adjacent to an activating group) is 1. The molecule has 0 saturated carbocycles. The molecule has 0 spiro atoms. The zero-order chi connectivity index (χ0) is 14.3. The number of hydrogen-bond donors (Lipinski definition) is 1. The summed E-state index contributed by atoms with van der Waals surface area (Å²) in [6.07, 6.45) is 0. The van der Waals surface area contributed by atoms with Crippen molar-refractivity contribution in [3.05, 3.63) is 23.3 Å². The maximum Gasteiger partial charge on any atom is 0.248 e. The number of benzene rings is 1. The monoisotopic (exact) mass is 275 g/mol. The number of amides is 1. The molecule has 1 atom stereocenters. The Morgan fingerprint density at radius 1 is 1.30 bits per heavy atom. The number of hydrogen-bond acceptors (Lipinski definition) is 4. The maximum absolute atomic E-state index is 12.6. The highest BCUT2D eigenvalue weighted by Gasteiger charge is 2.41. The maximum atomic E-state index is 12.6. The van der Waals surface area contributed by atoms with Gasteiger partial charge >= 0.3 is 0 Å². The molecule has 1 aromatic rings. The van der Waals surface area contributed by atoms with Crippen molar-refractivity contribution in [3.63, 3.8) is 0 Å². The van der Waals surface area contributed by atoms with Crippen LogP contribution in [0.4, 0.5) is 5.69 Å². The second kappa shape index (κ2) is 5.07. The van der Waals surface area contributed by atoms with Gasteiger partial charge in [-0.05, 0) is 18.6 Å². The largest absolute Gasteiger partial charge is 0.495 e. The predicted octanol–water partition coefficient (Wildman–Crippen LogP) is 0.926. The number of anilines is 1. The van der Waals surface area contributed by atoms with Gasteiger partial charge in [0.2, 0.25) is 5.91 Å². The number of carbonyl (C=O) groups is 1. The van der Waals surface area contributed by atoms with Gasteiger partial charge in [0.1, 0.15) is 11.8 Å². The Hall–Kier alpha value is -1.59. The number of nitrogens with one attached hydrogen (secondary N) is 1. The van der Waals surface area contributed by atoms with E-state index in [-0.39, 0.29) is 11.9 Å². The number of fused-ring (bicyclic) bond motifs is 1. The van der Waals surface area contributed by atoms with Gasteiger partial charge in [0.15, 0.2) is 0 Å². The van der Waals surface area contributed by atoms with Gasteiger partial charge in [-0.25, -0.2) is 0 Å². The molecule has 2 aliphatic heterocycles. The van der Waals surface area contributed by atoms with Gasteiger partial charge in [-0.2, -0.15) is 0 Å². The van der Waals surface area contributed by atoms with Crippen LogP contribution in [0, 0.1) is 6.92 Å². The summed E-state index contributed by atoms with van der Waals surface area (Å²) in [5.74, 6) is 0.930. The first-order valence-corrected chi connectivity index (χ1v) is 7.04. The van der Waals surface area contributed by atoms with E-state index in [1.54, 1.807) is 12.0 Å². The lowest BCUT2D eigenvalue weighted by molar-refractivity contribution is -0.123. The molecule has 1 N–H and O–H groups in total. The molecule has 0 aromatic heterocycles. The molecule has 0 bridgehead atoms. The minimum Gasteiger partial charge on any atom is -0.495 e. The van der Waals surface area contributed by atoms with E-state index in [9.17, 15) is 4.79 Å². The van der Waals surface area contributed by atoms with Crippen LogP contribution in [0.3, 0.4) is 0 Å². The van der Waals surface area contributed by atoms with Crippen molar-refractivity contribution in [2.24, 2.45) is 0 Å². The quantitative estimate of drug-likeness (QED) is 0.872. The number of piperazine rings is 1. The third-order valence-corrected chi connectivity index (χ3v) is 4.18. The predicted molar refractivity (Wildman–Crippen MR) is 78.3 cm³/mol. The fourth-order valence-electron chi connectivity index (χ4n) is 3.22. The van der Waals surface area contributed by atoms with E-state index in [2.05, 4.69) is 16.3 Å². The van der Waals surface area contributed by atoms with Crippen molar-refractivity contribution in [2.45, 2.75) is 13.0 Å². The van der Waals surface area contributed by atoms with Crippen LogP contribution in [-0.2, 0) is 4.79 Å². The number of rotatable bonds is 2. The molecule has 0 radical (unpaired) electrons. The van der Waals surface area contributed by atoms with Crippen molar-refractivity contribution < 1.29 is 9.53 Å².